The van der Waals surface area contributed by atoms with Crippen molar-refractivity contribution in [1.29, 1.82) is 0 Å². The molecule has 1 N–H and O–H groups in total. The Morgan fingerprint density at radius 1 is 1.73 bits per heavy atom. The maximum atomic E-state index is 10.3. The molecule has 3 nitrogen and oxygen atoms in total. The summed E-state index contributed by atoms with van der Waals surface area (Å²) < 4.78 is 5.39. The molecule has 3 heteroatoms. The molecule has 0 amide bonds. The van der Waals surface area contributed by atoms with E-state index in [1.54, 1.807) is 0 Å². The number of ether oxygens (including phenoxy) is 1. The Morgan fingerprint density at radius 3 is 2.73 bits per heavy atom. The van der Waals surface area contributed by atoms with Gasteiger partial charge in [0.15, 0.2) is 0 Å². The zero-order valence-corrected chi connectivity index (χ0v) is 6.96. The van der Waals surface area contributed by atoms with Gasteiger partial charge in [0.2, 0.25) is 0 Å². The standard InChI is InChI=1S/C8H14O3/c1-8(2)4-6(5-11-8)3-7(9)10/h6H,3-5H2,1-2H3,(H,9,10)/t6-/m1/s1. The average molecular weight is 158 g/mol. The summed E-state index contributed by atoms with van der Waals surface area (Å²) in [5.41, 5.74) is -0.111. The molecule has 0 spiro atoms. The van der Waals surface area contributed by atoms with E-state index in [2.05, 4.69) is 0 Å². The van der Waals surface area contributed by atoms with Gasteiger partial charge in [-0.15, -0.1) is 0 Å². The molecule has 1 heterocycles. The van der Waals surface area contributed by atoms with Gasteiger partial charge in [-0.3, -0.25) is 4.79 Å². The van der Waals surface area contributed by atoms with Gasteiger partial charge in [0.1, 0.15) is 0 Å². The molecule has 1 fully saturated rings. The monoisotopic (exact) mass is 158 g/mol. The van der Waals surface area contributed by atoms with E-state index in [9.17, 15) is 4.79 Å². The highest BCUT2D eigenvalue weighted by Gasteiger charge is 2.32. The lowest BCUT2D eigenvalue weighted by Gasteiger charge is -2.15. The van der Waals surface area contributed by atoms with Crippen LogP contribution < -0.4 is 0 Å². The molecule has 0 aromatic heterocycles. The van der Waals surface area contributed by atoms with Crippen LogP contribution in [0.1, 0.15) is 26.7 Å². The molecule has 0 radical (unpaired) electrons. The van der Waals surface area contributed by atoms with Crippen LogP contribution in [0.15, 0.2) is 0 Å². The molecule has 0 aromatic rings. The van der Waals surface area contributed by atoms with Gasteiger partial charge in [0.25, 0.3) is 0 Å². The van der Waals surface area contributed by atoms with Crippen molar-refractivity contribution in [2.75, 3.05) is 6.61 Å². The first-order valence-corrected chi connectivity index (χ1v) is 3.85. The molecule has 1 aliphatic rings. The van der Waals surface area contributed by atoms with Crippen molar-refractivity contribution in [3.8, 4) is 0 Å². The number of carboxylic acids is 1. The predicted octanol–water partition coefficient (Wildman–Crippen LogP) is 1.28. The maximum absolute atomic E-state index is 10.3. The van der Waals surface area contributed by atoms with E-state index in [-0.39, 0.29) is 17.9 Å². The van der Waals surface area contributed by atoms with Gasteiger partial charge in [0, 0.05) is 0 Å². The topological polar surface area (TPSA) is 46.5 Å². The number of carboxylic acid groups (broad SMARTS) is 1. The summed E-state index contributed by atoms with van der Waals surface area (Å²) in [4.78, 5) is 10.3. The molecule has 11 heavy (non-hydrogen) atoms. The van der Waals surface area contributed by atoms with Crippen LogP contribution in [-0.4, -0.2) is 23.3 Å². The number of hydrogen-bond donors (Lipinski definition) is 1. The average Bonchev–Trinajstić information content (AvgIpc) is 2.08. The third-order valence-corrected chi connectivity index (χ3v) is 1.95. The molecule has 1 atom stereocenters. The van der Waals surface area contributed by atoms with Crippen LogP contribution in [0.4, 0.5) is 0 Å². The summed E-state index contributed by atoms with van der Waals surface area (Å²) in [5.74, 6) is -0.515. The van der Waals surface area contributed by atoms with Crippen molar-refractivity contribution in [3.05, 3.63) is 0 Å². The Bertz CT molecular complexity index is 163. The second-order valence-electron chi connectivity index (χ2n) is 3.74. The van der Waals surface area contributed by atoms with Crippen LogP contribution in [-0.2, 0) is 9.53 Å². The van der Waals surface area contributed by atoms with Crippen molar-refractivity contribution in [2.24, 2.45) is 5.92 Å². The Kier molecular flexibility index (Phi) is 2.18. The van der Waals surface area contributed by atoms with Gasteiger partial charge in [-0.2, -0.15) is 0 Å². The third kappa shape index (κ3) is 2.50. The Hall–Kier alpha value is -0.570. The van der Waals surface area contributed by atoms with Gasteiger partial charge in [0.05, 0.1) is 18.6 Å². The van der Waals surface area contributed by atoms with E-state index < -0.39 is 5.97 Å². The van der Waals surface area contributed by atoms with E-state index >= 15 is 0 Å². The van der Waals surface area contributed by atoms with Gasteiger partial charge >= 0.3 is 5.97 Å². The van der Waals surface area contributed by atoms with E-state index in [0.29, 0.717) is 6.61 Å². The molecule has 1 rings (SSSR count). The van der Waals surface area contributed by atoms with Gasteiger partial charge in [-0.05, 0) is 26.2 Å². The van der Waals surface area contributed by atoms with Crippen LogP contribution in [0, 0.1) is 5.92 Å². The predicted molar refractivity (Wildman–Crippen MR) is 40.4 cm³/mol. The minimum Gasteiger partial charge on any atom is -0.481 e. The summed E-state index contributed by atoms with van der Waals surface area (Å²) in [5, 5.41) is 8.49. The van der Waals surface area contributed by atoms with Crippen LogP contribution in [0.2, 0.25) is 0 Å². The summed E-state index contributed by atoms with van der Waals surface area (Å²) in [6, 6.07) is 0. The maximum Gasteiger partial charge on any atom is 0.303 e. The van der Waals surface area contributed by atoms with Crippen LogP contribution in [0.5, 0.6) is 0 Å². The second kappa shape index (κ2) is 2.81. The lowest BCUT2D eigenvalue weighted by molar-refractivity contribution is -0.138. The Labute approximate surface area is 66.4 Å². The summed E-state index contributed by atoms with van der Waals surface area (Å²) in [6.07, 6.45) is 1.10. The fraction of sp³-hybridized carbons (Fsp3) is 0.875. The molecular weight excluding hydrogens is 144 g/mol. The fourth-order valence-corrected chi connectivity index (χ4v) is 1.53. The second-order valence-corrected chi connectivity index (χ2v) is 3.74. The van der Waals surface area contributed by atoms with Crippen molar-refractivity contribution in [1.82, 2.24) is 0 Å². The lowest BCUT2D eigenvalue weighted by atomic mass is 9.95. The first kappa shape index (κ1) is 8.53. The molecule has 1 saturated heterocycles. The van der Waals surface area contributed by atoms with Crippen molar-refractivity contribution in [2.45, 2.75) is 32.3 Å². The molecule has 64 valence electrons. The first-order chi connectivity index (χ1) is 4.99. The van der Waals surface area contributed by atoms with Crippen molar-refractivity contribution < 1.29 is 14.6 Å². The first-order valence-electron chi connectivity index (χ1n) is 3.85. The van der Waals surface area contributed by atoms with E-state index in [0.717, 1.165) is 6.42 Å². The van der Waals surface area contributed by atoms with Gasteiger partial charge in [-0.1, -0.05) is 0 Å². The SMILES string of the molecule is CC1(C)C[C@@H](CC(=O)O)CO1. The zero-order valence-electron chi connectivity index (χ0n) is 6.96. The summed E-state index contributed by atoms with van der Waals surface area (Å²) in [7, 11) is 0. The summed E-state index contributed by atoms with van der Waals surface area (Å²) in [6.45, 7) is 4.59. The van der Waals surface area contributed by atoms with Crippen molar-refractivity contribution >= 4 is 5.97 Å². The zero-order chi connectivity index (χ0) is 8.48. The van der Waals surface area contributed by atoms with E-state index in [1.165, 1.54) is 0 Å². The number of rotatable bonds is 2. The van der Waals surface area contributed by atoms with E-state index in [1.807, 2.05) is 13.8 Å². The number of aliphatic carboxylic acids is 1. The van der Waals surface area contributed by atoms with Crippen LogP contribution >= 0.6 is 0 Å². The van der Waals surface area contributed by atoms with E-state index in [4.69, 9.17) is 9.84 Å². The fourth-order valence-electron chi connectivity index (χ4n) is 1.53. The van der Waals surface area contributed by atoms with Gasteiger partial charge < -0.3 is 9.84 Å². The lowest BCUT2D eigenvalue weighted by Crippen LogP contribution is -2.17. The number of carbonyl (C=O) groups is 1. The molecule has 0 aliphatic carbocycles. The van der Waals surface area contributed by atoms with Crippen LogP contribution in [0.3, 0.4) is 0 Å². The smallest absolute Gasteiger partial charge is 0.303 e. The molecule has 0 saturated carbocycles. The molecule has 0 bridgehead atoms. The molecular formula is C8H14O3. The minimum atomic E-state index is -0.726. The molecule has 0 aromatic carbocycles. The Morgan fingerprint density at radius 2 is 2.36 bits per heavy atom. The highest BCUT2D eigenvalue weighted by atomic mass is 16.5. The largest absolute Gasteiger partial charge is 0.481 e. The summed E-state index contributed by atoms with van der Waals surface area (Å²) >= 11 is 0. The van der Waals surface area contributed by atoms with Gasteiger partial charge in [-0.25, -0.2) is 0 Å². The van der Waals surface area contributed by atoms with Crippen LogP contribution in [0.25, 0.3) is 0 Å². The van der Waals surface area contributed by atoms with Crippen molar-refractivity contribution in [3.63, 3.8) is 0 Å². The normalized spacial score (nSPS) is 28.7. The number of hydrogen-bond acceptors (Lipinski definition) is 2. The highest BCUT2D eigenvalue weighted by molar-refractivity contribution is 5.67. The Balaban J connectivity index is 2.36. The quantitative estimate of drug-likeness (QED) is 0.658. The third-order valence-electron chi connectivity index (χ3n) is 1.95. The molecule has 0 unspecified atom stereocenters. The molecule has 1 aliphatic heterocycles. The minimum absolute atomic E-state index is 0.111. The highest BCUT2D eigenvalue weighted by Crippen LogP contribution is 2.30.